The van der Waals surface area contributed by atoms with Gasteiger partial charge in [0.05, 0.1) is 10.6 Å². The number of thiophene rings is 1. The molecule has 1 atom stereocenters. The molecule has 0 saturated carbocycles. The van der Waals surface area contributed by atoms with E-state index in [4.69, 9.17) is 5.73 Å². The molecular weight excluding hydrogens is 302 g/mol. The minimum Gasteiger partial charge on any atom is -0.396 e. The standard InChI is InChI=1S/C15H25N3OS2/c1-5-10-7-6-8-18(9-10)15-13(20-4)11(16)12(21-15)14(19)17(2)3/h10H,5-9,16H2,1-4H3. The van der Waals surface area contributed by atoms with Gasteiger partial charge in [0, 0.05) is 27.2 Å². The molecule has 2 N–H and O–H groups in total. The third kappa shape index (κ3) is 3.31. The molecule has 21 heavy (non-hydrogen) atoms. The van der Waals surface area contributed by atoms with Gasteiger partial charge in [0.1, 0.15) is 9.88 Å². The lowest BCUT2D eigenvalue weighted by Gasteiger charge is -2.33. The van der Waals surface area contributed by atoms with Crippen molar-refractivity contribution in [1.29, 1.82) is 0 Å². The van der Waals surface area contributed by atoms with E-state index in [9.17, 15) is 4.79 Å². The summed E-state index contributed by atoms with van der Waals surface area (Å²) in [7, 11) is 3.54. The maximum absolute atomic E-state index is 12.3. The number of hydrogen-bond acceptors (Lipinski definition) is 5. The highest BCUT2D eigenvalue weighted by atomic mass is 32.2. The summed E-state index contributed by atoms with van der Waals surface area (Å²) < 4.78 is 0. The van der Waals surface area contributed by atoms with Crippen LogP contribution in [0.15, 0.2) is 4.90 Å². The average Bonchev–Trinajstić information content (AvgIpc) is 2.83. The first kappa shape index (κ1) is 16.5. The molecule has 1 amide bonds. The average molecular weight is 328 g/mol. The summed E-state index contributed by atoms with van der Waals surface area (Å²) in [6.45, 7) is 4.41. The van der Waals surface area contributed by atoms with Crippen molar-refractivity contribution in [1.82, 2.24) is 4.90 Å². The van der Waals surface area contributed by atoms with Crippen LogP contribution in [0.1, 0.15) is 35.9 Å². The van der Waals surface area contributed by atoms with Gasteiger partial charge in [0.15, 0.2) is 0 Å². The number of thioether (sulfide) groups is 1. The van der Waals surface area contributed by atoms with Crippen LogP contribution in [0, 0.1) is 5.92 Å². The summed E-state index contributed by atoms with van der Waals surface area (Å²) in [4.78, 5) is 18.1. The molecule has 0 aliphatic carbocycles. The van der Waals surface area contributed by atoms with Crippen LogP contribution in [0.2, 0.25) is 0 Å². The molecule has 0 radical (unpaired) electrons. The second-order valence-electron chi connectivity index (χ2n) is 5.75. The maximum Gasteiger partial charge on any atom is 0.265 e. The molecule has 1 aromatic rings. The summed E-state index contributed by atoms with van der Waals surface area (Å²) in [6, 6.07) is 0. The molecule has 2 heterocycles. The van der Waals surface area contributed by atoms with E-state index < -0.39 is 0 Å². The number of hydrogen-bond donors (Lipinski definition) is 1. The molecule has 1 fully saturated rings. The number of nitrogens with two attached hydrogens (primary N) is 1. The van der Waals surface area contributed by atoms with Crippen LogP contribution in [0.5, 0.6) is 0 Å². The first-order valence-electron chi connectivity index (χ1n) is 7.42. The predicted octanol–water partition coefficient (Wildman–Crippen LogP) is 3.38. The second kappa shape index (κ2) is 6.92. The number of piperidine rings is 1. The fourth-order valence-corrected chi connectivity index (χ4v) is 5.00. The van der Waals surface area contributed by atoms with E-state index in [2.05, 4.69) is 11.8 Å². The molecule has 1 aliphatic rings. The maximum atomic E-state index is 12.3. The number of nitrogen functional groups attached to an aromatic ring is 1. The highest BCUT2D eigenvalue weighted by Gasteiger charge is 2.27. The van der Waals surface area contributed by atoms with Crippen LogP contribution < -0.4 is 10.6 Å². The van der Waals surface area contributed by atoms with Crippen molar-refractivity contribution in [3.8, 4) is 0 Å². The normalized spacial score (nSPS) is 18.9. The Bertz CT molecular complexity index is 513. The Morgan fingerprint density at radius 3 is 2.81 bits per heavy atom. The van der Waals surface area contributed by atoms with Crippen LogP contribution in [-0.2, 0) is 0 Å². The number of carbonyl (C=O) groups is 1. The Labute approximate surface area is 135 Å². The molecule has 1 unspecified atom stereocenters. The summed E-state index contributed by atoms with van der Waals surface area (Å²) in [5.74, 6) is 0.757. The Balaban J connectivity index is 2.35. The molecule has 1 saturated heterocycles. The molecule has 0 bridgehead atoms. The zero-order valence-electron chi connectivity index (χ0n) is 13.3. The third-order valence-corrected chi connectivity index (χ3v) is 6.28. The number of amides is 1. The van der Waals surface area contributed by atoms with Crippen molar-refractivity contribution >= 4 is 39.7 Å². The molecule has 0 aromatic carbocycles. The van der Waals surface area contributed by atoms with E-state index in [1.165, 1.54) is 24.3 Å². The van der Waals surface area contributed by atoms with Gasteiger partial charge in [-0.2, -0.15) is 0 Å². The van der Waals surface area contributed by atoms with Gasteiger partial charge < -0.3 is 15.5 Å². The highest BCUT2D eigenvalue weighted by molar-refractivity contribution is 7.99. The molecule has 6 heteroatoms. The fourth-order valence-electron chi connectivity index (χ4n) is 2.77. The third-order valence-electron chi connectivity index (χ3n) is 4.07. The molecule has 0 spiro atoms. The van der Waals surface area contributed by atoms with Crippen LogP contribution in [0.3, 0.4) is 0 Å². The summed E-state index contributed by atoms with van der Waals surface area (Å²) in [5, 5.41) is 1.18. The molecule has 4 nitrogen and oxygen atoms in total. The van der Waals surface area contributed by atoms with E-state index in [1.807, 2.05) is 6.26 Å². The van der Waals surface area contributed by atoms with Crippen molar-refractivity contribution in [2.75, 3.05) is 44.1 Å². The van der Waals surface area contributed by atoms with Crippen molar-refractivity contribution in [2.24, 2.45) is 5.92 Å². The van der Waals surface area contributed by atoms with Gasteiger partial charge in [0.2, 0.25) is 0 Å². The molecule has 118 valence electrons. The van der Waals surface area contributed by atoms with Gasteiger partial charge in [-0.05, 0) is 25.0 Å². The fraction of sp³-hybridized carbons (Fsp3) is 0.667. The van der Waals surface area contributed by atoms with Crippen LogP contribution in [-0.4, -0.2) is 44.2 Å². The largest absolute Gasteiger partial charge is 0.396 e. The zero-order valence-corrected chi connectivity index (χ0v) is 14.9. The predicted molar refractivity (Wildman–Crippen MR) is 93.8 cm³/mol. The lowest BCUT2D eigenvalue weighted by molar-refractivity contribution is 0.0833. The SMILES string of the molecule is CCC1CCCN(c2sc(C(=O)N(C)C)c(N)c2SC)C1. The summed E-state index contributed by atoms with van der Waals surface area (Å²) in [6.07, 6.45) is 5.79. The molecule has 2 rings (SSSR count). The van der Waals surface area contributed by atoms with Gasteiger partial charge in [-0.15, -0.1) is 23.1 Å². The Kier molecular flexibility index (Phi) is 5.43. The van der Waals surface area contributed by atoms with E-state index >= 15 is 0 Å². The monoisotopic (exact) mass is 327 g/mol. The highest BCUT2D eigenvalue weighted by Crippen LogP contribution is 2.45. The Hall–Kier alpha value is -0.880. The molecule has 1 aromatic heterocycles. The lowest BCUT2D eigenvalue weighted by atomic mass is 9.96. The van der Waals surface area contributed by atoms with Crippen molar-refractivity contribution in [3.05, 3.63) is 4.88 Å². The van der Waals surface area contributed by atoms with E-state index in [0.29, 0.717) is 10.6 Å². The van der Waals surface area contributed by atoms with Gasteiger partial charge in [-0.25, -0.2) is 0 Å². The topological polar surface area (TPSA) is 49.6 Å². The van der Waals surface area contributed by atoms with Gasteiger partial charge in [0.25, 0.3) is 5.91 Å². The van der Waals surface area contributed by atoms with Gasteiger partial charge in [-0.1, -0.05) is 13.3 Å². The van der Waals surface area contributed by atoms with Crippen LogP contribution in [0.25, 0.3) is 0 Å². The van der Waals surface area contributed by atoms with Crippen molar-refractivity contribution < 1.29 is 4.79 Å². The van der Waals surface area contributed by atoms with Gasteiger partial charge in [-0.3, -0.25) is 4.79 Å². The second-order valence-corrected chi connectivity index (χ2v) is 7.56. The number of anilines is 2. The lowest BCUT2D eigenvalue weighted by Crippen LogP contribution is -2.34. The number of rotatable bonds is 4. The number of carbonyl (C=O) groups excluding carboxylic acids is 1. The van der Waals surface area contributed by atoms with E-state index in [-0.39, 0.29) is 5.91 Å². The van der Waals surface area contributed by atoms with Crippen molar-refractivity contribution in [2.45, 2.75) is 31.1 Å². The first-order valence-corrected chi connectivity index (χ1v) is 9.46. The summed E-state index contributed by atoms with van der Waals surface area (Å²) in [5.41, 5.74) is 6.90. The van der Waals surface area contributed by atoms with Crippen LogP contribution in [0.4, 0.5) is 10.7 Å². The first-order chi connectivity index (χ1) is 9.99. The van der Waals surface area contributed by atoms with Gasteiger partial charge >= 0.3 is 0 Å². The molecule has 1 aliphatic heterocycles. The Morgan fingerprint density at radius 2 is 2.24 bits per heavy atom. The van der Waals surface area contributed by atoms with Crippen molar-refractivity contribution in [3.63, 3.8) is 0 Å². The molecular formula is C15H25N3OS2. The summed E-state index contributed by atoms with van der Waals surface area (Å²) >= 11 is 3.20. The van der Waals surface area contributed by atoms with E-state index in [0.717, 1.165) is 23.9 Å². The van der Waals surface area contributed by atoms with E-state index in [1.54, 1.807) is 42.1 Å². The minimum absolute atomic E-state index is 0.00287. The Morgan fingerprint density at radius 1 is 1.52 bits per heavy atom. The van der Waals surface area contributed by atoms with Crippen LogP contribution >= 0.6 is 23.1 Å². The minimum atomic E-state index is 0.00287. The quantitative estimate of drug-likeness (QED) is 0.861. The smallest absolute Gasteiger partial charge is 0.265 e. The number of nitrogens with zero attached hydrogens (tertiary/aromatic N) is 2. The zero-order chi connectivity index (χ0) is 15.6.